The average Bonchev–Trinajstić information content (AvgIpc) is 2.11. The van der Waals surface area contributed by atoms with Gasteiger partial charge in [0.2, 0.25) is 0 Å². The standard InChI is InChI=1S/C10H11BrClN/c11-6-2-1-3-8-7-9(13)4-5-10(8)12/h1,3-5,7H,2,6,13H2. The molecule has 2 N–H and O–H groups in total. The molecule has 0 bridgehead atoms. The van der Waals surface area contributed by atoms with Gasteiger partial charge in [0.1, 0.15) is 0 Å². The van der Waals surface area contributed by atoms with Gasteiger partial charge in [0.15, 0.2) is 0 Å². The van der Waals surface area contributed by atoms with Gasteiger partial charge in [0.05, 0.1) is 0 Å². The Morgan fingerprint density at radius 2 is 2.23 bits per heavy atom. The van der Waals surface area contributed by atoms with Crippen LogP contribution in [-0.4, -0.2) is 5.33 Å². The maximum absolute atomic E-state index is 5.96. The Morgan fingerprint density at radius 3 is 2.92 bits per heavy atom. The quantitative estimate of drug-likeness (QED) is 0.650. The van der Waals surface area contributed by atoms with E-state index in [4.69, 9.17) is 17.3 Å². The van der Waals surface area contributed by atoms with Crippen molar-refractivity contribution in [3.05, 3.63) is 34.9 Å². The fourth-order valence-corrected chi connectivity index (χ4v) is 1.41. The van der Waals surface area contributed by atoms with Crippen molar-refractivity contribution in [3.63, 3.8) is 0 Å². The second kappa shape index (κ2) is 5.30. The molecule has 1 rings (SSSR count). The van der Waals surface area contributed by atoms with Crippen LogP contribution in [0, 0.1) is 0 Å². The van der Waals surface area contributed by atoms with E-state index in [0.717, 1.165) is 28.0 Å². The van der Waals surface area contributed by atoms with Crippen LogP contribution in [0.5, 0.6) is 0 Å². The number of allylic oxidation sites excluding steroid dienone is 1. The SMILES string of the molecule is Nc1ccc(Cl)c(C=CCCBr)c1. The summed E-state index contributed by atoms with van der Waals surface area (Å²) in [6, 6.07) is 5.47. The molecule has 1 aromatic rings. The van der Waals surface area contributed by atoms with Crippen molar-refractivity contribution in [2.75, 3.05) is 11.1 Å². The molecule has 0 aromatic heterocycles. The predicted octanol–water partition coefficient (Wildman–Crippen LogP) is 3.72. The zero-order chi connectivity index (χ0) is 9.68. The third-order valence-electron chi connectivity index (χ3n) is 1.59. The summed E-state index contributed by atoms with van der Waals surface area (Å²) in [5, 5.41) is 1.70. The summed E-state index contributed by atoms with van der Waals surface area (Å²) in [4.78, 5) is 0. The van der Waals surface area contributed by atoms with Crippen LogP contribution in [0.2, 0.25) is 5.02 Å². The van der Waals surface area contributed by atoms with Crippen molar-refractivity contribution in [1.29, 1.82) is 0 Å². The molecular formula is C10H11BrClN. The van der Waals surface area contributed by atoms with Crippen LogP contribution in [-0.2, 0) is 0 Å². The van der Waals surface area contributed by atoms with Crippen LogP contribution in [0.1, 0.15) is 12.0 Å². The monoisotopic (exact) mass is 259 g/mol. The van der Waals surface area contributed by atoms with Gasteiger partial charge in [-0.15, -0.1) is 0 Å². The minimum Gasteiger partial charge on any atom is -0.399 e. The van der Waals surface area contributed by atoms with Gasteiger partial charge in [-0.25, -0.2) is 0 Å². The lowest BCUT2D eigenvalue weighted by atomic mass is 10.2. The van der Waals surface area contributed by atoms with Gasteiger partial charge in [0, 0.05) is 16.0 Å². The molecule has 0 aliphatic rings. The minimum absolute atomic E-state index is 0.736. The summed E-state index contributed by atoms with van der Waals surface area (Å²) in [5.41, 5.74) is 7.34. The number of nitrogen functional groups attached to an aromatic ring is 1. The van der Waals surface area contributed by atoms with Gasteiger partial charge < -0.3 is 5.73 Å². The molecule has 0 spiro atoms. The van der Waals surface area contributed by atoms with Gasteiger partial charge >= 0.3 is 0 Å². The highest BCUT2D eigenvalue weighted by Gasteiger charge is 1.95. The molecule has 0 aliphatic heterocycles. The van der Waals surface area contributed by atoms with Crippen LogP contribution < -0.4 is 5.73 Å². The highest BCUT2D eigenvalue weighted by Crippen LogP contribution is 2.20. The molecule has 1 nitrogen and oxygen atoms in total. The van der Waals surface area contributed by atoms with E-state index in [-0.39, 0.29) is 0 Å². The normalized spacial score (nSPS) is 10.9. The summed E-state index contributed by atoms with van der Waals surface area (Å²) in [7, 11) is 0. The molecular weight excluding hydrogens is 249 g/mol. The molecule has 0 aliphatic carbocycles. The third kappa shape index (κ3) is 3.41. The number of alkyl halides is 1. The summed E-state index contributed by atoms with van der Waals surface area (Å²) in [5.74, 6) is 0. The van der Waals surface area contributed by atoms with Gasteiger partial charge in [-0.2, -0.15) is 0 Å². The number of benzene rings is 1. The highest BCUT2D eigenvalue weighted by molar-refractivity contribution is 9.09. The molecule has 0 saturated heterocycles. The van der Waals surface area contributed by atoms with E-state index < -0.39 is 0 Å². The maximum atomic E-state index is 5.96. The summed E-state index contributed by atoms with van der Waals surface area (Å²) in [6.45, 7) is 0. The lowest BCUT2D eigenvalue weighted by Crippen LogP contribution is -1.85. The van der Waals surface area contributed by atoms with Crippen LogP contribution >= 0.6 is 27.5 Å². The minimum atomic E-state index is 0.736. The summed E-state index contributed by atoms with van der Waals surface area (Å²) >= 11 is 9.30. The molecule has 1 aromatic carbocycles. The van der Waals surface area contributed by atoms with E-state index in [2.05, 4.69) is 22.0 Å². The smallest absolute Gasteiger partial charge is 0.0479 e. The molecule has 13 heavy (non-hydrogen) atoms. The molecule has 70 valence electrons. The predicted molar refractivity (Wildman–Crippen MR) is 63.3 cm³/mol. The number of rotatable bonds is 3. The number of nitrogens with two attached hydrogens (primary N) is 1. The first-order valence-corrected chi connectivity index (χ1v) is 5.51. The lowest BCUT2D eigenvalue weighted by molar-refractivity contribution is 1.27. The van der Waals surface area contributed by atoms with Crippen LogP contribution in [0.15, 0.2) is 24.3 Å². The largest absolute Gasteiger partial charge is 0.399 e. The highest BCUT2D eigenvalue weighted by atomic mass is 79.9. The number of hydrogen-bond acceptors (Lipinski definition) is 1. The van der Waals surface area contributed by atoms with E-state index in [0.29, 0.717) is 0 Å². The second-order valence-corrected chi connectivity index (χ2v) is 3.86. The molecule has 0 atom stereocenters. The van der Waals surface area contributed by atoms with Crippen molar-refractivity contribution >= 4 is 39.3 Å². The van der Waals surface area contributed by atoms with Gasteiger partial charge in [-0.1, -0.05) is 39.7 Å². The third-order valence-corrected chi connectivity index (χ3v) is 2.40. The van der Waals surface area contributed by atoms with E-state index in [1.807, 2.05) is 18.2 Å². The van der Waals surface area contributed by atoms with E-state index in [9.17, 15) is 0 Å². The Morgan fingerprint density at radius 1 is 1.46 bits per heavy atom. The Balaban J connectivity index is 2.81. The van der Waals surface area contributed by atoms with Crippen molar-refractivity contribution in [2.24, 2.45) is 0 Å². The van der Waals surface area contributed by atoms with E-state index >= 15 is 0 Å². The molecule has 0 amide bonds. The maximum Gasteiger partial charge on any atom is 0.0479 e. The Bertz CT molecular complexity index is 310. The fraction of sp³-hybridized carbons (Fsp3) is 0.200. The lowest BCUT2D eigenvalue weighted by Gasteiger charge is -1.99. The Kier molecular flexibility index (Phi) is 4.33. The zero-order valence-corrected chi connectivity index (χ0v) is 9.48. The molecule has 0 fully saturated rings. The van der Waals surface area contributed by atoms with Crippen LogP contribution in [0.25, 0.3) is 6.08 Å². The van der Waals surface area contributed by atoms with Crippen molar-refractivity contribution in [1.82, 2.24) is 0 Å². The van der Waals surface area contributed by atoms with Gasteiger partial charge in [0.25, 0.3) is 0 Å². The van der Waals surface area contributed by atoms with Crippen molar-refractivity contribution in [2.45, 2.75) is 6.42 Å². The molecule has 3 heteroatoms. The van der Waals surface area contributed by atoms with Gasteiger partial charge in [-0.3, -0.25) is 0 Å². The first-order chi connectivity index (χ1) is 6.24. The van der Waals surface area contributed by atoms with Crippen LogP contribution in [0.3, 0.4) is 0 Å². The van der Waals surface area contributed by atoms with E-state index in [1.54, 1.807) is 6.07 Å². The Labute approximate surface area is 91.7 Å². The average molecular weight is 261 g/mol. The number of halogens is 2. The second-order valence-electron chi connectivity index (χ2n) is 2.66. The van der Waals surface area contributed by atoms with Crippen LogP contribution in [0.4, 0.5) is 5.69 Å². The summed E-state index contributed by atoms with van der Waals surface area (Å²) < 4.78 is 0. The zero-order valence-electron chi connectivity index (χ0n) is 7.13. The topological polar surface area (TPSA) is 26.0 Å². The van der Waals surface area contributed by atoms with Gasteiger partial charge in [-0.05, 0) is 30.2 Å². The molecule has 0 saturated carbocycles. The molecule has 0 unspecified atom stereocenters. The Hall–Kier alpha value is -0.470. The number of hydrogen-bond donors (Lipinski definition) is 1. The fourth-order valence-electron chi connectivity index (χ4n) is 0.963. The van der Waals surface area contributed by atoms with Crippen molar-refractivity contribution < 1.29 is 0 Å². The van der Waals surface area contributed by atoms with Crippen molar-refractivity contribution in [3.8, 4) is 0 Å². The van der Waals surface area contributed by atoms with E-state index in [1.165, 1.54) is 0 Å². The molecule has 0 radical (unpaired) electrons. The summed E-state index contributed by atoms with van der Waals surface area (Å²) in [6.07, 6.45) is 5.04. The first kappa shape index (κ1) is 10.6. The molecule has 0 heterocycles. The number of anilines is 1. The first-order valence-electron chi connectivity index (χ1n) is 4.01.